The SMILES string of the molecule is O=C1NC2CCC1CN(C(=O)c1cccc(-c3ccc4[nH]ccc(=O)c4c3)c1)C2. The number of hydrogen-bond acceptors (Lipinski definition) is 3. The lowest BCUT2D eigenvalue weighted by molar-refractivity contribution is -0.126. The molecule has 146 valence electrons. The van der Waals surface area contributed by atoms with Crippen molar-refractivity contribution in [1.29, 1.82) is 0 Å². The minimum Gasteiger partial charge on any atom is -0.361 e. The van der Waals surface area contributed by atoms with Gasteiger partial charge in [0.2, 0.25) is 5.91 Å². The van der Waals surface area contributed by atoms with E-state index in [-0.39, 0.29) is 29.2 Å². The van der Waals surface area contributed by atoms with Gasteiger partial charge in [-0.15, -0.1) is 0 Å². The summed E-state index contributed by atoms with van der Waals surface area (Å²) in [5, 5.41) is 3.63. The Labute approximate surface area is 167 Å². The molecule has 2 amide bonds. The second-order valence-corrected chi connectivity index (χ2v) is 7.87. The highest BCUT2D eigenvalue weighted by molar-refractivity contribution is 5.96. The van der Waals surface area contributed by atoms with Crippen LogP contribution in [0.2, 0.25) is 0 Å². The minimum atomic E-state index is -0.118. The van der Waals surface area contributed by atoms with Gasteiger partial charge >= 0.3 is 0 Å². The number of hydrogen-bond donors (Lipinski definition) is 2. The first-order valence-electron chi connectivity index (χ1n) is 9.90. The van der Waals surface area contributed by atoms with E-state index in [1.54, 1.807) is 11.1 Å². The van der Waals surface area contributed by atoms with Crippen LogP contribution in [0.5, 0.6) is 0 Å². The Hall–Kier alpha value is -3.41. The zero-order chi connectivity index (χ0) is 20.0. The third-order valence-corrected chi connectivity index (χ3v) is 5.95. The fourth-order valence-electron chi connectivity index (χ4n) is 4.37. The molecule has 3 aromatic rings. The van der Waals surface area contributed by atoms with Crippen LogP contribution in [-0.2, 0) is 4.79 Å². The van der Waals surface area contributed by atoms with Crippen molar-refractivity contribution in [3.05, 3.63) is 70.5 Å². The lowest BCUT2D eigenvalue weighted by Gasteiger charge is -2.23. The van der Waals surface area contributed by atoms with Gasteiger partial charge in [-0.3, -0.25) is 14.4 Å². The largest absolute Gasteiger partial charge is 0.361 e. The maximum absolute atomic E-state index is 13.2. The smallest absolute Gasteiger partial charge is 0.253 e. The number of fused-ring (bicyclic) bond motifs is 5. The van der Waals surface area contributed by atoms with Crippen molar-refractivity contribution in [1.82, 2.24) is 15.2 Å². The number of aromatic nitrogens is 1. The van der Waals surface area contributed by atoms with E-state index in [4.69, 9.17) is 0 Å². The first-order valence-corrected chi connectivity index (χ1v) is 9.90. The van der Waals surface area contributed by atoms with E-state index in [1.165, 1.54) is 6.07 Å². The van der Waals surface area contributed by atoms with Gasteiger partial charge in [-0.05, 0) is 48.2 Å². The summed E-state index contributed by atoms with van der Waals surface area (Å²) < 4.78 is 0. The zero-order valence-corrected chi connectivity index (χ0v) is 15.9. The summed E-state index contributed by atoms with van der Waals surface area (Å²) in [4.78, 5) is 42.3. The number of rotatable bonds is 2. The molecule has 6 heteroatoms. The van der Waals surface area contributed by atoms with Crippen molar-refractivity contribution in [2.24, 2.45) is 5.92 Å². The number of amides is 2. The Bertz CT molecular complexity index is 1180. The molecule has 4 heterocycles. The molecular weight excluding hydrogens is 366 g/mol. The summed E-state index contributed by atoms with van der Waals surface area (Å²) >= 11 is 0. The quantitative estimate of drug-likeness (QED) is 0.709. The van der Waals surface area contributed by atoms with Crippen LogP contribution in [-0.4, -0.2) is 40.8 Å². The fourth-order valence-corrected chi connectivity index (χ4v) is 4.37. The van der Waals surface area contributed by atoms with Crippen LogP contribution in [0.1, 0.15) is 23.2 Å². The minimum absolute atomic E-state index is 0.0370. The van der Waals surface area contributed by atoms with Crippen molar-refractivity contribution in [2.45, 2.75) is 18.9 Å². The molecule has 0 radical (unpaired) electrons. The summed E-state index contributed by atoms with van der Waals surface area (Å²) in [5.74, 6) is -0.112. The van der Waals surface area contributed by atoms with Crippen molar-refractivity contribution in [3.63, 3.8) is 0 Å². The molecule has 6 nitrogen and oxygen atoms in total. The van der Waals surface area contributed by atoms with Crippen LogP contribution in [0.25, 0.3) is 22.0 Å². The van der Waals surface area contributed by atoms with E-state index in [0.29, 0.717) is 24.0 Å². The number of carbonyl (C=O) groups is 2. The average Bonchev–Trinajstić information content (AvgIpc) is 3.05. The first kappa shape index (κ1) is 17.7. The Balaban J connectivity index is 1.47. The third-order valence-electron chi connectivity index (χ3n) is 5.95. The number of nitrogens with zero attached hydrogens (tertiary/aromatic N) is 1. The van der Waals surface area contributed by atoms with Crippen LogP contribution in [0.15, 0.2) is 59.5 Å². The number of piperidine rings is 1. The molecule has 3 aliphatic rings. The molecule has 2 bridgehead atoms. The zero-order valence-electron chi connectivity index (χ0n) is 15.9. The van der Waals surface area contributed by atoms with Gasteiger partial charge in [-0.2, -0.15) is 0 Å². The van der Waals surface area contributed by atoms with Gasteiger partial charge in [0, 0.05) is 47.9 Å². The van der Waals surface area contributed by atoms with Gasteiger partial charge in [0.15, 0.2) is 5.43 Å². The molecule has 2 N–H and O–H groups in total. The summed E-state index contributed by atoms with van der Waals surface area (Å²) in [5.41, 5.74) is 3.11. The Morgan fingerprint density at radius 1 is 0.966 bits per heavy atom. The van der Waals surface area contributed by atoms with Gasteiger partial charge < -0.3 is 15.2 Å². The lowest BCUT2D eigenvalue weighted by atomic mass is 9.96. The number of H-pyrrole nitrogens is 1. The maximum Gasteiger partial charge on any atom is 0.253 e. The molecule has 0 spiro atoms. The van der Waals surface area contributed by atoms with E-state index in [2.05, 4.69) is 10.3 Å². The molecule has 3 fully saturated rings. The normalized spacial score (nSPS) is 21.1. The molecule has 0 saturated carbocycles. The van der Waals surface area contributed by atoms with E-state index in [0.717, 1.165) is 29.5 Å². The van der Waals surface area contributed by atoms with E-state index in [9.17, 15) is 14.4 Å². The number of carbonyl (C=O) groups excluding carboxylic acids is 2. The lowest BCUT2D eigenvalue weighted by Crippen LogP contribution is -2.43. The molecule has 2 unspecified atom stereocenters. The van der Waals surface area contributed by atoms with Crippen molar-refractivity contribution >= 4 is 22.7 Å². The highest BCUT2D eigenvalue weighted by Gasteiger charge is 2.36. The Morgan fingerprint density at radius 2 is 1.83 bits per heavy atom. The molecular formula is C23H21N3O3. The molecule has 1 aromatic heterocycles. The highest BCUT2D eigenvalue weighted by atomic mass is 16.2. The van der Waals surface area contributed by atoms with Crippen LogP contribution in [0.4, 0.5) is 0 Å². The number of benzene rings is 2. The monoisotopic (exact) mass is 387 g/mol. The average molecular weight is 387 g/mol. The van der Waals surface area contributed by atoms with Gasteiger partial charge in [0.05, 0.1) is 5.92 Å². The highest BCUT2D eigenvalue weighted by Crippen LogP contribution is 2.26. The molecule has 6 rings (SSSR count). The summed E-state index contributed by atoms with van der Waals surface area (Å²) in [7, 11) is 0. The fraction of sp³-hybridized carbons (Fsp3) is 0.261. The van der Waals surface area contributed by atoms with Crippen LogP contribution >= 0.6 is 0 Å². The summed E-state index contributed by atoms with van der Waals surface area (Å²) in [6, 6.07) is 14.7. The Morgan fingerprint density at radius 3 is 2.69 bits per heavy atom. The number of nitrogens with one attached hydrogen (secondary N) is 2. The molecule has 3 aliphatic heterocycles. The van der Waals surface area contributed by atoms with E-state index < -0.39 is 0 Å². The van der Waals surface area contributed by atoms with Crippen LogP contribution < -0.4 is 10.7 Å². The molecule has 2 atom stereocenters. The van der Waals surface area contributed by atoms with Gasteiger partial charge in [0.1, 0.15) is 0 Å². The first-order chi connectivity index (χ1) is 14.1. The van der Waals surface area contributed by atoms with Gasteiger partial charge in [0.25, 0.3) is 5.91 Å². The third kappa shape index (κ3) is 3.20. The van der Waals surface area contributed by atoms with Crippen LogP contribution in [0, 0.1) is 5.92 Å². The second kappa shape index (κ2) is 6.88. The predicted octanol–water partition coefficient (Wildman–Crippen LogP) is 2.55. The number of aromatic amines is 1. The number of pyridine rings is 1. The van der Waals surface area contributed by atoms with Crippen molar-refractivity contribution in [3.8, 4) is 11.1 Å². The maximum atomic E-state index is 13.2. The van der Waals surface area contributed by atoms with Gasteiger partial charge in [-0.25, -0.2) is 0 Å². The van der Waals surface area contributed by atoms with Crippen LogP contribution in [0.3, 0.4) is 0 Å². The van der Waals surface area contributed by atoms with Crippen molar-refractivity contribution in [2.75, 3.05) is 13.1 Å². The molecule has 3 saturated heterocycles. The Kier molecular flexibility index (Phi) is 4.19. The summed E-state index contributed by atoms with van der Waals surface area (Å²) in [6.45, 7) is 1.02. The van der Waals surface area contributed by atoms with E-state index in [1.807, 2.05) is 42.5 Å². The molecule has 29 heavy (non-hydrogen) atoms. The molecule has 0 aliphatic carbocycles. The molecule has 2 aromatic carbocycles. The second-order valence-electron chi connectivity index (χ2n) is 7.87. The predicted molar refractivity (Wildman–Crippen MR) is 111 cm³/mol. The topological polar surface area (TPSA) is 82.3 Å². The summed E-state index contributed by atoms with van der Waals surface area (Å²) in [6.07, 6.45) is 3.40. The van der Waals surface area contributed by atoms with Crippen molar-refractivity contribution < 1.29 is 9.59 Å². The standard InChI is InChI=1S/C23H21N3O3/c27-21-8-9-24-20-7-5-15(11-19(20)21)14-2-1-3-16(10-14)23(29)26-12-17-4-6-18(13-26)25-22(17)28/h1-3,5,7-11,17-18H,4,6,12-13H2,(H,24,27)(H,25,28). The van der Waals surface area contributed by atoms with E-state index >= 15 is 0 Å². The van der Waals surface area contributed by atoms with Gasteiger partial charge in [-0.1, -0.05) is 18.2 Å².